The van der Waals surface area contributed by atoms with Gasteiger partial charge in [-0.3, -0.25) is 0 Å². The molecule has 1 aromatic carbocycles. The van der Waals surface area contributed by atoms with Crippen LogP contribution in [0.5, 0.6) is 0 Å². The number of nitrogens with zero attached hydrogens (tertiary/aromatic N) is 2. The Bertz CT molecular complexity index is 566. The number of hydrogen-bond acceptors (Lipinski definition) is 4. The highest BCUT2D eigenvalue weighted by Gasteiger charge is 2.38. The normalized spacial score (nSPS) is 22.0. The number of urea groups is 1. The summed E-state index contributed by atoms with van der Waals surface area (Å²) in [5.74, 6) is 0.810. The number of benzene rings is 1. The van der Waals surface area contributed by atoms with Crippen LogP contribution >= 0.6 is 0 Å². The molecule has 2 unspecified atom stereocenters. The van der Waals surface area contributed by atoms with Crippen LogP contribution in [0.2, 0.25) is 0 Å². The first-order valence-electron chi connectivity index (χ1n) is 8.75. The van der Waals surface area contributed by atoms with Gasteiger partial charge in [-0.2, -0.15) is 0 Å². The molecule has 2 fully saturated rings. The van der Waals surface area contributed by atoms with E-state index in [0.717, 1.165) is 23.8 Å². The summed E-state index contributed by atoms with van der Waals surface area (Å²) in [7, 11) is 1.75. The number of amides is 2. The maximum absolute atomic E-state index is 12.4. The summed E-state index contributed by atoms with van der Waals surface area (Å²) < 4.78 is 5.21. The molecule has 24 heavy (non-hydrogen) atoms. The standard InChI is InChI=1S/C18H27N3O3/c1-20(8-10-24-11-9-22)18(23)19-16-4-2-3-5-17(16)21-13-14-6-7-15(21)12-14/h2-5,14-15,22H,6-13H2,1H3,(H,19,23). The van der Waals surface area contributed by atoms with E-state index in [1.807, 2.05) is 18.2 Å². The first kappa shape index (κ1) is 17.0. The van der Waals surface area contributed by atoms with E-state index in [-0.39, 0.29) is 12.6 Å². The molecule has 132 valence electrons. The van der Waals surface area contributed by atoms with Crippen LogP contribution in [0.1, 0.15) is 19.3 Å². The average Bonchev–Trinajstić information content (AvgIpc) is 3.22. The molecule has 2 bridgehead atoms. The lowest BCUT2D eigenvalue weighted by molar-refractivity contribution is 0.0833. The van der Waals surface area contributed by atoms with Crippen LogP contribution in [-0.4, -0.2) is 62.0 Å². The van der Waals surface area contributed by atoms with Crippen LogP contribution in [0.15, 0.2) is 24.3 Å². The molecule has 0 spiro atoms. The number of ether oxygens (including phenoxy) is 1. The van der Waals surface area contributed by atoms with Crippen molar-refractivity contribution >= 4 is 17.4 Å². The van der Waals surface area contributed by atoms with Crippen LogP contribution in [-0.2, 0) is 4.74 Å². The molecule has 1 saturated carbocycles. The predicted octanol–water partition coefficient (Wildman–Crippen LogP) is 2.15. The van der Waals surface area contributed by atoms with E-state index in [0.29, 0.717) is 25.8 Å². The van der Waals surface area contributed by atoms with E-state index >= 15 is 0 Å². The van der Waals surface area contributed by atoms with Crippen molar-refractivity contribution in [2.75, 3.05) is 50.2 Å². The van der Waals surface area contributed by atoms with Gasteiger partial charge in [0.2, 0.25) is 0 Å². The minimum absolute atomic E-state index is 0.00127. The van der Waals surface area contributed by atoms with E-state index in [4.69, 9.17) is 9.84 Å². The van der Waals surface area contributed by atoms with Gasteiger partial charge in [-0.15, -0.1) is 0 Å². The Morgan fingerprint density at radius 2 is 2.21 bits per heavy atom. The van der Waals surface area contributed by atoms with Crippen molar-refractivity contribution in [3.8, 4) is 0 Å². The number of aliphatic hydroxyl groups is 1. The second kappa shape index (κ2) is 7.85. The summed E-state index contributed by atoms with van der Waals surface area (Å²) >= 11 is 0. The van der Waals surface area contributed by atoms with Gasteiger partial charge in [0.25, 0.3) is 0 Å². The number of carbonyl (C=O) groups excluding carboxylic acids is 1. The summed E-state index contributed by atoms with van der Waals surface area (Å²) in [6.07, 6.45) is 3.88. The van der Waals surface area contributed by atoms with Gasteiger partial charge >= 0.3 is 6.03 Å². The largest absolute Gasteiger partial charge is 0.394 e. The van der Waals surface area contributed by atoms with Gasteiger partial charge < -0.3 is 25.0 Å². The number of carbonyl (C=O) groups is 1. The number of piperidine rings is 1. The zero-order valence-electron chi connectivity index (χ0n) is 14.3. The molecule has 1 heterocycles. The molecule has 3 rings (SSSR count). The molecule has 1 saturated heterocycles. The molecule has 2 atom stereocenters. The van der Waals surface area contributed by atoms with E-state index in [9.17, 15) is 4.79 Å². The fraction of sp³-hybridized carbons (Fsp3) is 0.611. The van der Waals surface area contributed by atoms with Crippen LogP contribution in [0.25, 0.3) is 0 Å². The zero-order valence-corrected chi connectivity index (χ0v) is 14.3. The lowest BCUT2D eigenvalue weighted by Gasteiger charge is -2.31. The monoisotopic (exact) mass is 333 g/mol. The number of anilines is 2. The quantitative estimate of drug-likeness (QED) is 0.751. The molecule has 0 radical (unpaired) electrons. The minimum atomic E-state index is -0.139. The Kier molecular flexibility index (Phi) is 5.58. The van der Waals surface area contributed by atoms with Crippen LogP contribution < -0.4 is 10.2 Å². The molecular weight excluding hydrogens is 306 g/mol. The first-order valence-corrected chi connectivity index (χ1v) is 8.75. The van der Waals surface area contributed by atoms with Crippen molar-refractivity contribution in [1.82, 2.24) is 4.90 Å². The molecule has 1 aromatic rings. The second-order valence-electron chi connectivity index (χ2n) is 6.69. The number of likely N-dealkylation sites (N-methyl/N-ethyl adjacent to an activating group) is 1. The number of fused-ring (bicyclic) bond motifs is 2. The topological polar surface area (TPSA) is 65.0 Å². The summed E-state index contributed by atoms with van der Waals surface area (Å²) in [6, 6.07) is 8.54. The SMILES string of the molecule is CN(CCOCCO)C(=O)Nc1ccccc1N1CC2CCC1C2. The summed E-state index contributed by atoms with van der Waals surface area (Å²) in [6.45, 7) is 2.31. The summed E-state index contributed by atoms with van der Waals surface area (Å²) in [5.41, 5.74) is 2.00. The van der Waals surface area contributed by atoms with E-state index in [1.54, 1.807) is 11.9 Å². The van der Waals surface area contributed by atoms with Gasteiger partial charge in [0, 0.05) is 26.2 Å². The predicted molar refractivity (Wildman–Crippen MR) is 94.5 cm³/mol. The van der Waals surface area contributed by atoms with E-state index in [1.165, 1.54) is 19.3 Å². The van der Waals surface area contributed by atoms with E-state index < -0.39 is 0 Å². The Hall–Kier alpha value is -1.79. The maximum atomic E-state index is 12.4. The van der Waals surface area contributed by atoms with Crippen LogP contribution in [0.4, 0.5) is 16.2 Å². The number of nitrogens with one attached hydrogen (secondary N) is 1. The first-order chi connectivity index (χ1) is 11.7. The minimum Gasteiger partial charge on any atom is -0.394 e. The molecule has 6 nitrogen and oxygen atoms in total. The molecule has 1 aliphatic heterocycles. The Labute approximate surface area is 143 Å². The van der Waals surface area contributed by atoms with Crippen molar-refractivity contribution in [3.63, 3.8) is 0 Å². The third-order valence-electron chi connectivity index (χ3n) is 5.02. The molecular formula is C18H27N3O3. The van der Waals surface area contributed by atoms with Gasteiger partial charge in [0.05, 0.1) is 31.2 Å². The van der Waals surface area contributed by atoms with Crippen molar-refractivity contribution < 1.29 is 14.6 Å². The molecule has 2 N–H and O–H groups in total. The van der Waals surface area contributed by atoms with Gasteiger partial charge in [-0.05, 0) is 37.3 Å². The van der Waals surface area contributed by atoms with Gasteiger partial charge in [0.1, 0.15) is 0 Å². The van der Waals surface area contributed by atoms with Gasteiger partial charge in [0.15, 0.2) is 0 Å². The van der Waals surface area contributed by atoms with Crippen molar-refractivity contribution in [3.05, 3.63) is 24.3 Å². The lowest BCUT2D eigenvalue weighted by atomic mass is 10.1. The zero-order chi connectivity index (χ0) is 16.9. The highest BCUT2D eigenvalue weighted by molar-refractivity contribution is 5.93. The van der Waals surface area contributed by atoms with Crippen LogP contribution in [0, 0.1) is 5.92 Å². The van der Waals surface area contributed by atoms with Crippen molar-refractivity contribution in [1.29, 1.82) is 0 Å². The lowest BCUT2D eigenvalue weighted by Crippen LogP contribution is -2.36. The Morgan fingerprint density at radius 3 is 2.92 bits per heavy atom. The summed E-state index contributed by atoms with van der Waals surface area (Å²) in [4.78, 5) is 16.4. The van der Waals surface area contributed by atoms with Gasteiger partial charge in [-0.1, -0.05) is 12.1 Å². The number of para-hydroxylation sites is 2. The Morgan fingerprint density at radius 1 is 1.38 bits per heavy atom. The molecule has 2 aliphatic rings. The highest BCUT2D eigenvalue weighted by Crippen LogP contribution is 2.42. The van der Waals surface area contributed by atoms with Crippen molar-refractivity contribution in [2.24, 2.45) is 5.92 Å². The summed E-state index contributed by atoms with van der Waals surface area (Å²) in [5, 5.41) is 11.7. The average molecular weight is 333 g/mol. The smallest absolute Gasteiger partial charge is 0.321 e. The number of aliphatic hydroxyl groups excluding tert-OH is 1. The third-order valence-corrected chi connectivity index (χ3v) is 5.02. The fourth-order valence-electron chi connectivity index (χ4n) is 3.73. The number of rotatable bonds is 7. The van der Waals surface area contributed by atoms with Crippen LogP contribution in [0.3, 0.4) is 0 Å². The highest BCUT2D eigenvalue weighted by atomic mass is 16.5. The van der Waals surface area contributed by atoms with Gasteiger partial charge in [-0.25, -0.2) is 4.79 Å². The molecule has 0 aromatic heterocycles. The van der Waals surface area contributed by atoms with Crippen molar-refractivity contribution in [2.45, 2.75) is 25.3 Å². The number of hydrogen-bond donors (Lipinski definition) is 2. The molecule has 2 amide bonds. The van der Waals surface area contributed by atoms with E-state index in [2.05, 4.69) is 16.3 Å². The molecule has 6 heteroatoms. The maximum Gasteiger partial charge on any atom is 0.321 e. The second-order valence-corrected chi connectivity index (χ2v) is 6.69. The third kappa shape index (κ3) is 3.82. The molecule has 1 aliphatic carbocycles. The Balaban J connectivity index is 1.60. The fourth-order valence-corrected chi connectivity index (χ4v) is 3.73.